The zero-order valence-corrected chi connectivity index (χ0v) is 16.2. The Balaban J connectivity index is 1.49. The number of aryl methyl sites for hydroxylation is 2. The van der Waals surface area contributed by atoms with Gasteiger partial charge in [-0.3, -0.25) is 9.59 Å². The zero-order chi connectivity index (χ0) is 20.1. The standard InChI is InChI=1S/C22H25NO5/c1-15-8-16(2)10-20(9-15)28-7-6-27-19-5-3-4-17(11-19)13-23-14-18(22(25)26)12-21(23)24/h3-5,8-11,18H,6-7,12-14H2,1-2H3,(H,25,26). The molecule has 0 spiro atoms. The van der Waals surface area contributed by atoms with E-state index in [2.05, 4.69) is 6.07 Å². The molecule has 1 saturated heterocycles. The van der Waals surface area contributed by atoms with E-state index in [-0.39, 0.29) is 18.9 Å². The molecule has 1 N–H and O–H groups in total. The Kier molecular flexibility index (Phi) is 6.19. The Morgan fingerprint density at radius 3 is 2.39 bits per heavy atom. The number of likely N-dealkylation sites (tertiary alicyclic amines) is 1. The number of carbonyl (C=O) groups is 2. The molecule has 28 heavy (non-hydrogen) atoms. The fraction of sp³-hybridized carbons (Fsp3) is 0.364. The van der Waals surface area contributed by atoms with Crippen LogP contribution in [0.2, 0.25) is 0 Å². The van der Waals surface area contributed by atoms with Gasteiger partial charge in [0.2, 0.25) is 5.91 Å². The topological polar surface area (TPSA) is 76.1 Å². The van der Waals surface area contributed by atoms with Gasteiger partial charge in [0.05, 0.1) is 5.92 Å². The van der Waals surface area contributed by atoms with Crippen LogP contribution < -0.4 is 9.47 Å². The van der Waals surface area contributed by atoms with Gasteiger partial charge in [0.25, 0.3) is 0 Å². The first-order chi connectivity index (χ1) is 13.4. The average molecular weight is 383 g/mol. The molecule has 1 atom stereocenters. The molecule has 1 aliphatic heterocycles. The van der Waals surface area contributed by atoms with Gasteiger partial charge in [-0.1, -0.05) is 18.2 Å². The molecule has 0 saturated carbocycles. The number of carboxylic acids is 1. The summed E-state index contributed by atoms with van der Waals surface area (Å²) in [5, 5.41) is 9.08. The monoisotopic (exact) mass is 383 g/mol. The largest absolute Gasteiger partial charge is 0.490 e. The molecule has 0 aliphatic carbocycles. The number of amides is 1. The second-order valence-electron chi connectivity index (χ2n) is 7.18. The van der Waals surface area contributed by atoms with Crippen LogP contribution in [0, 0.1) is 19.8 Å². The summed E-state index contributed by atoms with van der Waals surface area (Å²) in [6, 6.07) is 13.6. The van der Waals surface area contributed by atoms with Crippen molar-refractivity contribution in [2.45, 2.75) is 26.8 Å². The van der Waals surface area contributed by atoms with Crippen LogP contribution in [-0.4, -0.2) is 41.6 Å². The van der Waals surface area contributed by atoms with E-state index in [1.807, 2.05) is 50.2 Å². The van der Waals surface area contributed by atoms with E-state index in [0.29, 0.717) is 25.5 Å². The first-order valence-electron chi connectivity index (χ1n) is 9.34. The van der Waals surface area contributed by atoms with Gasteiger partial charge in [0, 0.05) is 19.5 Å². The van der Waals surface area contributed by atoms with E-state index in [4.69, 9.17) is 14.6 Å². The molecular weight excluding hydrogens is 358 g/mol. The maximum atomic E-state index is 12.0. The van der Waals surface area contributed by atoms with Crippen molar-refractivity contribution in [3.63, 3.8) is 0 Å². The number of nitrogens with zero attached hydrogens (tertiary/aromatic N) is 1. The normalized spacial score (nSPS) is 16.3. The molecule has 6 nitrogen and oxygen atoms in total. The van der Waals surface area contributed by atoms with Crippen molar-refractivity contribution in [3.8, 4) is 11.5 Å². The van der Waals surface area contributed by atoms with Crippen LogP contribution >= 0.6 is 0 Å². The summed E-state index contributed by atoms with van der Waals surface area (Å²) in [5.41, 5.74) is 3.22. The first kappa shape index (κ1) is 19.7. The summed E-state index contributed by atoms with van der Waals surface area (Å²) >= 11 is 0. The molecule has 2 aromatic rings. The molecule has 0 aromatic heterocycles. The van der Waals surface area contributed by atoms with Crippen molar-refractivity contribution in [3.05, 3.63) is 59.2 Å². The highest BCUT2D eigenvalue weighted by Crippen LogP contribution is 2.22. The second kappa shape index (κ2) is 8.78. The van der Waals surface area contributed by atoms with Gasteiger partial charge in [-0.15, -0.1) is 0 Å². The summed E-state index contributed by atoms with van der Waals surface area (Å²) < 4.78 is 11.5. The number of benzene rings is 2. The highest BCUT2D eigenvalue weighted by Gasteiger charge is 2.34. The summed E-state index contributed by atoms with van der Waals surface area (Å²) in [6.07, 6.45) is 0.0707. The molecule has 1 fully saturated rings. The van der Waals surface area contributed by atoms with Gasteiger partial charge < -0.3 is 19.5 Å². The minimum absolute atomic E-state index is 0.0707. The number of rotatable bonds is 8. The Hall–Kier alpha value is -3.02. The van der Waals surface area contributed by atoms with Gasteiger partial charge >= 0.3 is 5.97 Å². The third kappa shape index (κ3) is 5.25. The molecule has 1 heterocycles. The lowest BCUT2D eigenvalue weighted by atomic mass is 10.1. The maximum Gasteiger partial charge on any atom is 0.308 e. The Bertz CT molecular complexity index is 844. The van der Waals surface area contributed by atoms with Crippen LogP contribution in [0.1, 0.15) is 23.1 Å². The fourth-order valence-electron chi connectivity index (χ4n) is 3.38. The van der Waals surface area contributed by atoms with Gasteiger partial charge in [-0.05, 0) is 54.8 Å². The molecular formula is C22H25NO5. The lowest BCUT2D eigenvalue weighted by Crippen LogP contribution is -2.25. The molecule has 6 heteroatoms. The molecule has 0 radical (unpaired) electrons. The number of aliphatic carboxylic acids is 1. The fourth-order valence-corrected chi connectivity index (χ4v) is 3.38. The first-order valence-corrected chi connectivity index (χ1v) is 9.34. The maximum absolute atomic E-state index is 12.0. The van der Waals surface area contributed by atoms with Crippen LogP contribution in [0.4, 0.5) is 0 Å². The lowest BCUT2D eigenvalue weighted by molar-refractivity contribution is -0.141. The Labute approximate surface area is 164 Å². The SMILES string of the molecule is Cc1cc(C)cc(OCCOc2cccc(CN3CC(C(=O)O)CC3=O)c2)c1. The molecule has 0 bridgehead atoms. The van der Waals surface area contributed by atoms with Crippen molar-refractivity contribution < 1.29 is 24.2 Å². The summed E-state index contributed by atoms with van der Waals surface area (Å²) in [7, 11) is 0. The van der Waals surface area contributed by atoms with Crippen LogP contribution in [0.25, 0.3) is 0 Å². The van der Waals surface area contributed by atoms with E-state index in [0.717, 1.165) is 22.4 Å². The van der Waals surface area contributed by atoms with Crippen molar-refractivity contribution in [2.75, 3.05) is 19.8 Å². The van der Waals surface area contributed by atoms with Crippen molar-refractivity contribution in [1.29, 1.82) is 0 Å². The number of carbonyl (C=O) groups excluding carboxylic acids is 1. The third-order valence-corrected chi connectivity index (χ3v) is 4.65. The van der Waals surface area contributed by atoms with Crippen molar-refractivity contribution >= 4 is 11.9 Å². The Morgan fingerprint density at radius 2 is 1.75 bits per heavy atom. The van der Waals surface area contributed by atoms with Crippen LogP contribution in [0.3, 0.4) is 0 Å². The van der Waals surface area contributed by atoms with Crippen LogP contribution in [0.15, 0.2) is 42.5 Å². The van der Waals surface area contributed by atoms with Gasteiger partial charge in [0.1, 0.15) is 24.7 Å². The number of hydrogen-bond acceptors (Lipinski definition) is 4. The molecule has 148 valence electrons. The summed E-state index contributed by atoms with van der Waals surface area (Å²) in [5.74, 6) is -0.134. The molecule has 1 aliphatic rings. The van der Waals surface area contributed by atoms with E-state index >= 15 is 0 Å². The van der Waals surface area contributed by atoms with E-state index in [1.54, 1.807) is 4.90 Å². The van der Waals surface area contributed by atoms with Gasteiger partial charge in [-0.25, -0.2) is 0 Å². The quantitative estimate of drug-likeness (QED) is 0.709. The van der Waals surface area contributed by atoms with Gasteiger partial charge in [0.15, 0.2) is 0 Å². The predicted octanol–water partition coefficient (Wildman–Crippen LogP) is 3.19. The number of hydrogen-bond donors (Lipinski definition) is 1. The highest BCUT2D eigenvalue weighted by molar-refractivity contribution is 5.86. The molecule has 2 aromatic carbocycles. The third-order valence-electron chi connectivity index (χ3n) is 4.65. The Morgan fingerprint density at radius 1 is 1.07 bits per heavy atom. The molecule has 1 amide bonds. The second-order valence-corrected chi connectivity index (χ2v) is 7.18. The minimum Gasteiger partial charge on any atom is -0.490 e. The van der Waals surface area contributed by atoms with E-state index in [9.17, 15) is 9.59 Å². The molecule has 1 unspecified atom stereocenters. The van der Waals surface area contributed by atoms with Gasteiger partial charge in [-0.2, -0.15) is 0 Å². The van der Waals surface area contributed by atoms with Crippen molar-refractivity contribution in [2.24, 2.45) is 5.92 Å². The van der Waals surface area contributed by atoms with E-state index < -0.39 is 11.9 Å². The smallest absolute Gasteiger partial charge is 0.308 e. The highest BCUT2D eigenvalue weighted by atomic mass is 16.5. The number of ether oxygens (including phenoxy) is 2. The minimum atomic E-state index is -0.920. The van der Waals surface area contributed by atoms with Crippen LogP contribution in [-0.2, 0) is 16.1 Å². The zero-order valence-electron chi connectivity index (χ0n) is 16.2. The lowest BCUT2D eigenvalue weighted by Gasteiger charge is -2.17. The van der Waals surface area contributed by atoms with Crippen molar-refractivity contribution in [1.82, 2.24) is 4.90 Å². The molecule has 3 rings (SSSR count). The summed E-state index contributed by atoms with van der Waals surface area (Å²) in [6.45, 7) is 5.54. The summed E-state index contributed by atoms with van der Waals surface area (Å²) in [4.78, 5) is 24.6. The number of carboxylic acid groups (broad SMARTS) is 1. The van der Waals surface area contributed by atoms with Crippen LogP contribution in [0.5, 0.6) is 11.5 Å². The van der Waals surface area contributed by atoms with E-state index in [1.165, 1.54) is 0 Å². The predicted molar refractivity (Wildman–Crippen MR) is 105 cm³/mol. The average Bonchev–Trinajstić information content (AvgIpc) is 2.99.